The molecule has 4 N–H and O–H groups in total. The number of carbonyl (C=O) groups is 1. The van der Waals surface area contributed by atoms with Crippen LogP contribution in [-0.4, -0.2) is 16.2 Å². The molecule has 4 nitrogen and oxygen atoms in total. The van der Waals surface area contributed by atoms with Gasteiger partial charge in [0, 0.05) is 11.6 Å². The zero-order valence-electron chi connectivity index (χ0n) is 7.90. The van der Waals surface area contributed by atoms with E-state index in [1.54, 1.807) is 19.1 Å². The Bertz CT molecular complexity index is 329. The van der Waals surface area contributed by atoms with Crippen LogP contribution in [-0.2, 0) is 4.79 Å². The molecule has 0 heterocycles. The summed E-state index contributed by atoms with van der Waals surface area (Å²) < 4.78 is 0. The van der Waals surface area contributed by atoms with E-state index in [2.05, 4.69) is 0 Å². The minimum Gasteiger partial charge on any atom is -0.508 e. The predicted octanol–water partition coefficient (Wildman–Crippen LogP) is 1.18. The van der Waals surface area contributed by atoms with Crippen molar-refractivity contribution in [2.45, 2.75) is 19.4 Å². The van der Waals surface area contributed by atoms with Crippen LogP contribution in [0.4, 0.5) is 0 Å². The molecule has 14 heavy (non-hydrogen) atoms. The van der Waals surface area contributed by atoms with Crippen molar-refractivity contribution in [1.29, 1.82) is 0 Å². The van der Waals surface area contributed by atoms with Crippen LogP contribution in [0.1, 0.15) is 23.6 Å². The molecule has 1 atom stereocenters. The van der Waals surface area contributed by atoms with Crippen LogP contribution in [0.5, 0.6) is 5.75 Å². The van der Waals surface area contributed by atoms with Crippen molar-refractivity contribution < 1.29 is 15.0 Å². The summed E-state index contributed by atoms with van der Waals surface area (Å²) in [6.45, 7) is 1.79. The maximum absolute atomic E-state index is 10.4. The summed E-state index contributed by atoms with van der Waals surface area (Å²) >= 11 is 0. The average molecular weight is 195 g/mol. The number of hydrogen-bond donors (Lipinski definition) is 3. The molecule has 0 fully saturated rings. The van der Waals surface area contributed by atoms with Crippen molar-refractivity contribution in [3.05, 3.63) is 29.3 Å². The molecule has 4 heteroatoms. The number of aliphatic carboxylic acids is 1. The van der Waals surface area contributed by atoms with Gasteiger partial charge in [0.1, 0.15) is 5.75 Å². The Kier molecular flexibility index (Phi) is 3.09. The molecule has 0 radical (unpaired) electrons. The zero-order chi connectivity index (χ0) is 10.7. The molecule has 0 aliphatic rings. The molecule has 1 aromatic carbocycles. The van der Waals surface area contributed by atoms with Crippen LogP contribution in [0.25, 0.3) is 0 Å². The topological polar surface area (TPSA) is 83.5 Å². The summed E-state index contributed by atoms with van der Waals surface area (Å²) in [5.41, 5.74) is 6.97. The minimum atomic E-state index is -0.972. The van der Waals surface area contributed by atoms with Gasteiger partial charge in [0.2, 0.25) is 0 Å². The maximum atomic E-state index is 10.4. The number of carboxylic acid groups (broad SMARTS) is 1. The van der Waals surface area contributed by atoms with E-state index in [0.717, 1.165) is 5.56 Å². The van der Waals surface area contributed by atoms with E-state index in [4.69, 9.17) is 10.8 Å². The summed E-state index contributed by atoms with van der Waals surface area (Å²) in [6, 6.07) is 4.33. The summed E-state index contributed by atoms with van der Waals surface area (Å²) in [5.74, 6) is -0.918. The molecule has 76 valence electrons. The molecule has 0 spiro atoms. The summed E-state index contributed by atoms with van der Waals surface area (Å²) in [6.07, 6.45) is -0.182. The van der Waals surface area contributed by atoms with Crippen LogP contribution in [0.3, 0.4) is 0 Å². The van der Waals surface area contributed by atoms with Crippen LogP contribution in [0.2, 0.25) is 0 Å². The Morgan fingerprint density at radius 1 is 1.57 bits per heavy atom. The Morgan fingerprint density at radius 3 is 2.71 bits per heavy atom. The summed E-state index contributed by atoms with van der Waals surface area (Å²) in [7, 11) is 0. The fourth-order valence-electron chi connectivity index (χ4n) is 1.44. The lowest BCUT2D eigenvalue weighted by Gasteiger charge is -2.13. The summed E-state index contributed by atoms with van der Waals surface area (Å²) in [4.78, 5) is 10.4. The van der Waals surface area contributed by atoms with Gasteiger partial charge in [-0.2, -0.15) is 0 Å². The van der Waals surface area contributed by atoms with Crippen molar-refractivity contribution in [3.63, 3.8) is 0 Å². The van der Waals surface area contributed by atoms with Crippen LogP contribution < -0.4 is 5.73 Å². The molecule has 0 saturated carbocycles. The Morgan fingerprint density at radius 2 is 2.21 bits per heavy atom. The standard InChI is InChI=1S/C10H13NO3/c1-6-3-2-4-8(12)10(6)7(11)5-9(13)14/h2-4,7,12H,5,11H2,1H3,(H,13,14). The fourth-order valence-corrected chi connectivity index (χ4v) is 1.44. The third kappa shape index (κ3) is 2.23. The van der Waals surface area contributed by atoms with Crippen molar-refractivity contribution in [1.82, 2.24) is 0 Å². The average Bonchev–Trinajstić information content (AvgIpc) is 2.01. The van der Waals surface area contributed by atoms with Gasteiger partial charge in [-0.3, -0.25) is 4.79 Å². The van der Waals surface area contributed by atoms with Crippen molar-refractivity contribution in [2.75, 3.05) is 0 Å². The first kappa shape index (κ1) is 10.5. The molecule has 0 aromatic heterocycles. The van der Waals surface area contributed by atoms with Gasteiger partial charge < -0.3 is 15.9 Å². The number of hydrogen-bond acceptors (Lipinski definition) is 3. The van der Waals surface area contributed by atoms with E-state index in [0.29, 0.717) is 5.56 Å². The number of nitrogens with two attached hydrogens (primary N) is 1. The lowest BCUT2D eigenvalue weighted by Crippen LogP contribution is -2.16. The maximum Gasteiger partial charge on any atom is 0.305 e. The molecule has 1 rings (SSSR count). The van der Waals surface area contributed by atoms with Gasteiger partial charge in [0.05, 0.1) is 6.42 Å². The van der Waals surface area contributed by atoms with Crippen LogP contribution >= 0.6 is 0 Å². The first-order valence-electron chi connectivity index (χ1n) is 4.28. The second-order valence-corrected chi connectivity index (χ2v) is 3.21. The SMILES string of the molecule is Cc1cccc(O)c1C(N)CC(=O)O. The quantitative estimate of drug-likeness (QED) is 0.676. The zero-order valence-corrected chi connectivity index (χ0v) is 7.90. The third-order valence-electron chi connectivity index (χ3n) is 2.07. The Hall–Kier alpha value is -1.55. The van der Waals surface area contributed by atoms with Gasteiger partial charge in [-0.1, -0.05) is 12.1 Å². The fraction of sp³-hybridized carbons (Fsp3) is 0.300. The monoisotopic (exact) mass is 195 g/mol. The molecule has 0 aliphatic carbocycles. The number of carboxylic acids is 1. The van der Waals surface area contributed by atoms with Crippen LogP contribution in [0, 0.1) is 6.92 Å². The van der Waals surface area contributed by atoms with Gasteiger partial charge in [-0.15, -0.1) is 0 Å². The highest BCUT2D eigenvalue weighted by Gasteiger charge is 2.16. The van der Waals surface area contributed by atoms with E-state index < -0.39 is 12.0 Å². The number of aromatic hydroxyl groups is 1. The first-order valence-corrected chi connectivity index (χ1v) is 4.28. The highest BCUT2D eigenvalue weighted by molar-refractivity contribution is 5.68. The largest absolute Gasteiger partial charge is 0.508 e. The third-order valence-corrected chi connectivity index (χ3v) is 2.07. The molecule has 0 saturated heterocycles. The van der Waals surface area contributed by atoms with Gasteiger partial charge in [-0.25, -0.2) is 0 Å². The number of rotatable bonds is 3. The molecular weight excluding hydrogens is 182 g/mol. The highest BCUT2D eigenvalue weighted by Crippen LogP contribution is 2.27. The van der Waals surface area contributed by atoms with E-state index >= 15 is 0 Å². The van der Waals surface area contributed by atoms with Crippen molar-refractivity contribution in [3.8, 4) is 5.75 Å². The minimum absolute atomic E-state index is 0.0544. The first-order chi connectivity index (χ1) is 6.52. The Balaban J connectivity index is 2.99. The number of phenolic OH excluding ortho intramolecular Hbond substituents is 1. The molecule has 1 aromatic rings. The van der Waals surface area contributed by atoms with Gasteiger partial charge in [0.15, 0.2) is 0 Å². The highest BCUT2D eigenvalue weighted by atomic mass is 16.4. The molecule has 0 amide bonds. The van der Waals surface area contributed by atoms with Gasteiger partial charge in [0.25, 0.3) is 0 Å². The molecule has 1 unspecified atom stereocenters. The molecular formula is C10H13NO3. The smallest absolute Gasteiger partial charge is 0.305 e. The number of phenols is 1. The van der Waals surface area contributed by atoms with E-state index in [1.165, 1.54) is 6.07 Å². The normalized spacial score (nSPS) is 12.4. The van der Waals surface area contributed by atoms with Gasteiger partial charge >= 0.3 is 5.97 Å². The number of aryl methyl sites for hydroxylation is 1. The van der Waals surface area contributed by atoms with E-state index in [-0.39, 0.29) is 12.2 Å². The van der Waals surface area contributed by atoms with E-state index in [9.17, 15) is 9.90 Å². The predicted molar refractivity (Wildman–Crippen MR) is 52.0 cm³/mol. The van der Waals surface area contributed by atoms with Gasteiger partial charge in [-0.05, 0) is 18.6 Å². The van der Waals surface area contributed by atoms with Crippen LogP contribution in [0.15, 0.2) is 18.2 Å². The van der Waals surface area contributed by atoms with E-state index in [1.807, 2.05) is 0 Å². The second kappa shape index (κ2) is 4.11. The van der Waals surface area contributed by atoms with Crippen molar-refractivity contribution in [2.24, 2.45) is 5.73 Å². The molecule has 0 aliphatic heterocycles. The lowest BCUT2D eigenvalue weighted by atomic mass is 9.98. The Labute approximate surface area is 82.0 Å². The molecule has 0 bridgehead atoms. The lowest BCUT2D eigenvalue weighted by molar-refractivity contribution is -0.137. The van der Waals surface area contributed by atoms with Crippen molar-refractivity contribution >= 4 is 5.97 Å². The summed E-state index contributed by atoms with van der Waals surface area (Å²) in [5, 5.41) is 18.1. The second-order valence-electron chi connectivity index (χ2n) is 3.21. The number of benzene rings is 1.